The van der Waals surface area contributed by atoms with E-state index in [1.807, 2.05) is 18.9 Å². The Balaban J connectivity index is 4.20. The summed E-state index contributed by atoms with van der Waals surface area (Å²) in [6, 6.07) is 0. The van der Waals surface area contributed by atoms with Gasteiger partial charge in [0.2, 0.25) is 11.9 Å². The monoisotopic (exact) mass is 256 g/mol. The zero-order chi connectivity index (χ0) is 13.8. The summed E-state index contributed by atoms with van der Waals surface area (Å²) in [5.74, 6) is 6.66. The molecular weight excluding hydrogens is 228 g/mol. The predicted octanol–water partition coefficient (Wildman–Crippen LogP) is 0.913. The Hall–Kier alpha value is -1.30. The molecule has 6 heteroatoms. The smallest absolute Gasteiger partial charge is 0.220 e. The molecule has 106 valence electrons. The lowest BCUT2D eigenvalue weighted by Gasteiger charge is -2.18. The van der Waals surface area contributed by atoms with Crippen molar-refractivity contribution in [3.05, 3.63) is 0 Å². The highest BCUT2D eigenvalue weighted by molar-refractivity contribution is 5.94. The first kappa shape index (κ1) is 16.7. The number of hydrazine groups is 1. The highest BCUT2D eigenvalue weighted by Gasteiger charge is 2.04. The fraction of sp³-hybridized carbons (Fsp3) is 0.833. The number of nitrogens with zero attached hydrogens (tertiary/aromatic N) is 3. The minimum Gasteiger partial charge on any atom is -0.354 e. The molecule has 0 radical (unpaired) electrons. The van der Waals surface area contributed by atoms with Crippen molar-refractivity contribution in [3.8, 4) is 0 Å². The summed E-state index contributed by atoms with van der Waals surface area (Å²) in [5, 5.41) is 3.21. The summed E-state index contributed by atoms with van der Waals surface area (Å²) in [5.41, 5.74) is 2.58. The molecule has 0 unspecified atom stereocenters. The highest BCUT2D eigenvalue weighted by atomic mass is 15.4. The van der Waals surface area contributed by atoms with Crippen molar-refractivity contribution < 1.29 is 0 Å². The molecule has 0 fully saturated rings. The number of nitrogens with one attached hydrogen (secondary N) is 2. The molecule has 0 aromatic rings. The predicted molar refractivity (Wildman–Crippen MR) is 78.6 cm³/mol. The standard InChI is InChI=1S/C12H28N6/c1-5-7-8-9-10-15-11(14-3)16-12(17-13)18(4)6-2/h5-10,13H2,1-4H3,(H2,14,15,16,17). The van der Waals surface area contributed by atoms with Gasteiger partial charge < -0.3 is 10.2 Å². The van der Waals surface area contributed by atoms with Gasteiger partial charge in [-0.25, -0.2) is 5.84 Å². The molecule has 0 atom stereocenters. The summed E-state index contributed by atoms with van der Waals surface area (Å²) in [6.45, 7) is 5.96. The van der Waals surface area contributed by atoms with E-state index in [0.717, 1.165) is 19.5 Å². The number of hydrogen-bond donors (Lipinski definition) is 3. The third-order valence-corrected chi connectivity index (χ3v) is 2.70. The molecule has 0 bridgehead atoms. The van der Waals surface area contributed by atoms with Crippen molar-refractivity contribution in [2.24, 2.45) is 15.8 Å². The molecule has 0 saturated heterocycles. The van der Waals surface area contributed by atoms with Crippen LogP contribution in [0.15, 0.2) is 9.98 Å². The maximum Gasteiger partial charge on any atom is 0.220 e. The Morgan fingerprint density at radius 3 is 2.44 bits per heavy atom. The van der Waals surface area contributed by atoms with Gasteiger partial charge in [-0.2, -0.15) is 4.99 Å². The van der Waals surface area contributed by atoms with Gasteiger partial charge in [-0.15, -0.1) is 0 Å². The first-order chi connectivity index (χ1) is 8.69. The van der Waals surface area contributed by atoms with Crippen LogP contribution in [-0.4, -0.2) is 44.0 Å². The normalized spacial score (nSPS) is 12.5. The van der Waals surface area contributed by atoms with Crippen LogP contribution in [0.3, 0.4) is 0 Å². The second kappa shape index (κ2) is 10.8. The van der Waals surface area contributed by atoms with E-state index in [-0.39, 0.29) is 0 Å². The van der Waals surface area contributed by atoms with Crippen LogP contribution in [0, 0.1) is 0 Å². The first-order valence-electron chi connectivity index (χ1n) is 6.66. The van der Waals surface area contributed by atoms with Gasteiger partial charge in [-0.05, 0) is 13.3 Å². The van der Waals surface area contributed by atoms with E-state index in [1.54, 1.807) is 7.05 Å². The van der Waals surface area contributed by atoms with Crippen LogP contribution in [-0.2, 0) is 0 Å². The largest absolute Gasteiger partial charge is 0.354 e. The molecule has 0 rings (SSSR count). The summed E-state index contributed by atoms with van der Waals surface area (Å²) in [6.07, 6.45) is 4.89. The van der Waals surface area contributed by atoms with Crippen LogP contribution < -0.4 is 16.6 Å². The number of hydrogen-bond acceptors (Lipinski definition) is 2. The number of nitrogens with two attached hydrogens (primary N) is 1. The van der Waals surface area contributed by atoms with Crippen LogP contribution >= 0.6 is 0 Å². The Kier molecular flexibility index (Phi) is 10.0. The molecule has 0 saturated carbocycles. The van der Waals surface area contributed by atoms with E-state index >= 15 is 0 Å². The molecule has 4 N–H and O–H groups in total. The van der Waals surface area contributed by atoms with E-state index in [2.05, 4.69) is 27.7 Å². The Labute approximate surface area is 111 Å². The van der Waals surface area contributed by atoms with Crippen molar-refractivity contribution in [1.29, 1.82) is 0 Å². The van der Waals surface area contributed by atoms with Crippen LogP contribution in [0.25, 0.3) is 0 Å². The Morgan fingerprint density at radius 1 is 1.22 bits per heavy atom. The molecule has 6 nitrogen and oxygen atoms in total. The zero-order valence-corrected chi connectivity index (χ0v) is 12.2. The summed E-state index contributed by atoms with van der Waals surface area (Å²) in [4.78, 5) is 10.4. The van der Waals surface area contributed by atoms with E-state index in [9.17, 15) is 0 Å². The maximum atomic E-state index is 5.44. The molecule has 0 aliphatic carbocycles. The van der Waals surface area contributed by atoms with Gasteiger partial charge in [-0.3, -0.25) is 10.4 Å². The number of aliphatic imine (C=N–C) groups is 2. The topological polar surface area (TPSA) is 78.0 Å². The SMILES string of the molecule is CCCCCCNC(=NC)/N=C(\NN)N(C)CC. The van der Waals surface area contributed by atoms with E-state index in [0.29, 0.717) is 11.9 Å². The molecule has 0 aliphatic rings. The molecule has 0 heterocycles. The summed E-state index contributed by atoms with van der Waals surface area (Å²) < 4.78 is 0. The maximum absolute atomic E-state index is 5.44. The van der Waals surface area contributed by atoms with Gasteiger partial charge >= 0.3 is 0 Å². The molecule has 18 heavy (non-hydrogen) atoms. The van der Waals surface area contributed by atoms with Gasteiger partial charge in [0, 0.05) is 27.2 Å². The van der Waals surface area contributed by atoms with Crippen LogP contribution in [0.2, 0.25) is 0 Å². The van der Waals surface area contributed by atoms with Crippen molar-refractivity contribution in [2.75, 3.05) is 27.2 Å². The second-order valence-electron chi connectivity index (χ2n) is 4.13. The Morgan fingerprint density at radius 2 is 1.94 bits per heavy atom. The molecule has 0 spiro atoms. The van der Waals surface area contributed by atoms with Crippen molar-refractivity contribution in [3.63, 3.8) is 0 Å². The average molecular weight is 256 g/mol. The molecule has 0 aromatic carbocycles. The molecule has 0 aliphatic heterocycles. The molecule has 0 amide bonds. The van der Waals surface area contributed by atoms with Crippen molar-refractivity contribution in [1.82, 2.24) is 15.6 Å². The first-order valence-corrected chi connectivity index (χ1v) is 6.66. The molecule has 0 aromatic heterocycles. The summed E-state index contributed by atoms with van der Waals surface area (Å²) >= 11 is 0. The van der Waals surface area contributed by atoms with E-state index < -0.39 is 0 Å². The van der Waals surface area contributed by atoms with Crippen molar-refractivity contribution >= 4 is 11.9 Å². The fourth-order valence-corrected chi connectivity index (χ4v) is 1.40. The number of rotatable bonds is 6. The van der Waals surface area contributed by atoms with Crippen LogP contribution in [0.4, 0.5) is 0 Å². The Bertz CT molecular complexity index is 261. The third-order valence-electron chi connectivity index (χ3n) is 2.70. The minimum atomic E-state index is 0.610. The number of unbranched alkanes of at least 4 members (excludes halogenated alkanes) is 3. The van der Waals surface area contributed by atoms with Crippen LogP contribution in [0.1, 0.15) is 39.5 Å². The summed E-state index contributed by atoms with van der Waals surface area (Å²) in [7, 11) is 3.64. The van der Waals surface area contributed by atoms with Crippen molar-refractivity contribution in [2.45, 2.75) is 39.5 Å². The molecular formula is C12H28N6. The quantitative estimate of drug-likeness (QED) is 0.217. The van der Waals surface area contributed by atoms with Gasteiger partial charge in [0.15, 0.2) is 0 Å². The lowest BCUT2D eigenvalue weighted by atomic mass is 10.2. The number of guanidine groups is 2. The fourth-order valence-electron chi connectivity index (χ4n) is 1.40. The van der Waals surface area contributed by atoms with Crippen LogP contribution in [0.5, 0.6) is 0 Å². The highest BCUT2D eigenvalue weighted by Crippen LogP contribution is 1.97. The van der Waals surface area contributed by atoms with Gasteiger partial charge in [0.25, 0.3) is 0 Å². The van der Waals surface area contributed by atoms with Gasteiger partial charge in [0.05, 0.1) is 0 Å². The second-order valence-corrected chi connectivity index (χ2v) is 4.13. The third kappa shape index (κ3) is 7.11. The lowest BCUT2D eigenvalue weighted by molar-refractivity contribution is 0.512. The van der Waals surface area contributed by atoms with Gasteiger partial charge in [-0.1, -0.05) is 26.2 Å². The minimum absolute atomic E-state index is 0.610. The van der Waals surface area contributed by atoms with E-state index in [4.69, 9.17) is 5.84 Å². The lowest BCUT2D eigenvalue weighted by Crippen LogP contribution is -2.44. The van der Waals surface area contributed by atoms with E-state index in [1.165, 1.54) is 19.3 Å². The average Bonchev–Trinajstić information content (AvgIpc) is 2.41. The zero-order valence-electron chi connectivity index (χ0n) is 12.2. The van der Waals surface area contributed by atoms with Gasteiger partial charge in [0.1, 0.15) is 0 Å².